The third kappa shape index (κ3) is 5.74. The number of methoxy groups -OCH3 is 1. The van der Waals surface area contributed by atoms with Gasteiger partial charge >= 0.3 is 0 Å². The first kappa shape index (κ1) is 29.6. The van der Waals surface area contributed by atoms with Crippen molar-refractivity contribution in [3.05, 3.63) is 99.1 Å². The Morgan fingerprint density at radius 2 is 1.62 bits per heavy atom. The summed E-state index contributed by atoms with van der Waals surface area (Å²) in [5.74, 6) is -0.504. The molecule has 4 nitrogen and oxygen atoms in total. The first-order chi connectivity index (χ1) is 18.3. The van der Waals surface area contributed by atoms with E-state index in [1.807, 2.05) is 26.2 Å². The summed E-state index contributed by atoms with van der Waals surface area (Å²) in [7, 11) is 1.51. The van der Waals surface area contributed by atoms with Gasteiger partial charge in [-0.2, -0.15) is 0 Å². The van der Waals surface area contributed by atoms with Crippen LogP contribution in [-0.4, -0.2) is 28.0 Å². The molecule has 0 fully saturated rings. The summed E-state index contributed by atoms with van der Waals surface area (Å²) < 4.78 is 37.5. The minimum Gasteiger partial charge on any atom is -0.384 e. The summed E-state index contributed by atoms with van der Waals surface area (Å²) >= 11 is 14.5. The Labute approximate surface area is 241 Å². The molecule has 0 atom stereocenters. The number of nitrogens with zero attached hydrogens (tertiary/aromatic N) is 2. The van der Waals surface area contributed by atoms with Crippen LogP contribution in [0.2, 0.25) is 10.0 Å². The van der Waals surface area contributed by atoms with Gasteiger partial charge in [0.15, 0.2) is 0 Å². The van der Waals surface area contributed by atoms with Crippen LogP contribution in [0.3, 0.4) is 0 Å². The van der Waals surface area contributed by atoms with Crippen molar-refractivity contribution in [3.63, 3.8) is 0 Å². The van der Waals surface area contributed by atoms with Crippen molar-refractivity contribution in [3.8, 4) is 16.8 Å². The normalized spacial score (nSPS) is 12.3. The van der Waals surface area contributed by atoms with Crippen LogP contribution in [0.4, 0.5) is 8.78 Å². The second-order valence-electron chi connectivity index (χ2n) is 10.3. The number of aromatic nitrogens is 2. The average molecular weight is 592 g/mol. The van der Waals surface area contributed by atoms with E-state index in [-0.39, 0.29) is 12.3 Å². The Kier molecular flexibility index (Phi) is 8.50. The van der Waals surface area contributed by atoms with Crippen LogP contribution in [0.1, 0.15) is 50.3 Å². The predicted molar refractivity (Wildman–Crippen MR) is 155 cm³/mol. The molecule has 9 heteroatoms. The first-order valence-corrected chi connectivity index (χ1v) is 14.2. The molecule has 0 aliphatic heterocycles. The number of thioether (sulfide) groups is 1. The molecule has 39 heavy (non-hydrogen) atoms. The van der Waals surface area contributed by atoms with Gasteiger partial charge in [0.05, 0.1) is 23.4 Å². The van der Waals surface area contributed by atoms with Gasteiger partial charge < -0.3 is 9.84 Å². The maximum atomic E-state index is 15.9. The average Bonchev–Trinajstić information content (AvgIpc) is 3.32. The number of aliphatic hydroxyl groups is 1. The summed E-state index contributed by atoms with van der Waals surface area (Å²) in [5.41, 5.74) is 0.598. The SMILES string of the molecule is COCc1c(F)cc(-c2ccc(-n3cc(C(C)(C)O)nc3C(C)(C)c3c(Cl)cccc3Cl)c(F)c2)cc1SC. The highest BCUT2D eigenvalue weighted by Crippen LogP contribution is 2.42. The Morgan fingerprint density at radius 3 is 2.18 bits per heavy atom. The van der Waals surface area contributed by atoms with Gasteiger partial charge in [0, 0.05) is 39.4 Å². The van der Waals surface area contributed by atoms with E-state index in [1.165, 1.54) is 31.0 Å². The van der Waals surface area contributed by atoms with Gasteiger partial charge in [0.1, 0.15) is 23.1 Å². The molecule has 0 saturated heterocycles. The molecular weight excluding hydrogens is 561 g/mol. The fourth-order valence-corrected chi connectivity index (χ4v) is 6.15. The third-order valence-corrected chi connectivity index (χ3v) is 8.12. The topological polar surface area (TPSA) is 47.3 Å². The molecule has 3 aromatic carbocycles. The van der Waals surface area contributed by atoms with Crippen molar-refractivity contribution in [2.75, 3.05) is 13.4 Å². The van der Waals surface area contributed by atoms with Gasteiger partial charge in [-0.1, -0.05) is 35.3 Å². The second-order valence-corrected chi connectivity index (χ2v) is 12.0. The molecule has 0 saturated carbocycles. The molecule has 206 valence electrons. The Bertz CT molecular complexity index is 1510. The number of halogens is 4. The largest absolute Gasteiger partial charge is 0.384 e. The first-order valence-electron chi connectivity index (χ1n) is 12.2. The molecule has 0 aliphatic carbocycles. The number of hydrogen-bond acceptors (Lipinski definition) is 4. The van der Waals surface area contributed by atoms with Gasteiger partial charge in [0.2, 0.25) is 0 Å². The molecule has 0 aliphatic rings. The highest BCUT2D eigenvalue weighted by atomic mass is 35.5. The van der Waals surface area contributed by atoms with Crippen molar-refractivity contribution in [2.24, 2.45) is 0 Å². The second kappa shape index (κ2) is 11.2. The van der Waals surface area contributed by atoms with Crippen molar-refractivity contribution in [2.45, 2.75) is 50.2 Å². The van der Waals surface area contributed by atoms with E-state index in [0.717, 1.165) is 4.90 Å². The minimum absolute atomic E-state index is 0.147. The van der Waals surface area contributed by atoms with E-state index in [4.69, 9.17) is 32.9 Å². The van der Waals surface area contributed by atoms with E-state index in [0.29, 0.717) is 43.8 Å². The molecule has 1 heterocycles. The summed E-state index contributed by atoms with van der Waals surface area (Å²) in [6, 6.07) is 13.2. The fraction of sp³-hybridized carbons (Fsp3) is 0.300. The van der Waals surface area contributed by atoms with Crippen LogP contribution in [0, 0.1) is 11.6 Å². The van der Waals surface area contributed by atoms with Gasteiger partial charge in [-0.05, 0) is 81.5 Å². The lowest BCUT2D eigenvalue weighted by molar-refractivity contribution is 0.0740. The van der Waals surface area contributed by atoms with Crippen molar-refractivity contribution in [1.82, 2.24) is 9.55 Å². The summed E-state index contributed by atoms with van der Waals surface area (Å²) in [6.45, 7) is 7.17. The molecule has 1 aromatic heterocycles. The van der Waals surface area contributed by atoms with Crippen molar-refractivity contribution >= 4 is 35.0 Å². The van der Waals surface area contributed by atoms with E-state index >= 15 is 4.39 Å². The predicted octanol–water partition coefficient (Wildman–Crippen LogP) is 8.55. The number of ether oxygens (including phenoxy) is 1. The maximum Gasteiger partial charge on any atom is 0.147 e. The quantitative estimate of drug-likeness (QED) is 0.209. The number of hydrogen-bond donors (Lipinski definition) is 1. The van der Waals surface area contributed by atoms with Gasteiger partial charge in [-0.15, -0.1) is 11.8 Å². The van der Waals surface area contributed by atoms with Crippen LogP contribution in [-0.2, 0) is 22.4 Å². The number of imidazole rings is 1. The molecule has 1 N–H and O–H groups in total. The van der Waals surface area contributed by atoms with E-state index in [1.54, 1.807) is 54.9 Å². The highest BCUT2D eigenvalue weighted by molar-refractivity contribution is 7.98. The van der Waals surface area contributed by atoms with Crippen molar-refractivity contribution < 1.29 is 18.6 Å². The monoisotopic (exact) mass is 590 g/mol. The zero-order valence-electron chi connectivity index (χ0n) is 22.6. The van der Waals surface area contributed by atoms with Gasteiger partial charge in [-0.25, -0.2) is 13.8 Å². The van der Waals surface area contributed by atoms with Crippen LogP contribution < -0.4 is 0 Å². The van der Waals surface area contributed by atoms with Gasteiger partial charge in [-0.3, -0.25) is 4.57 Å². The summed E-state index contributed by atoms with van der Waals surface area (Å²) in [5, 5.41) is 11.6. The third-order valence-electron chi connectivity index (χ3n) is 6.68. The molecule has 0 amide bonds. The lowest BCUT2D eigenvalue weighted by Gasteiger charge is -2.28. The van der Waals surface area contributed by atoms with Crippen LogP contribution in [0.15, 0.2) is 59.6 Å². The molecular formula is C30H30Cl2F2N2O2S. The molecule has 0 unspecified atom stereocenters. The van der Waals surface area contributed by atoms with Crippen LogP contribution in [0.5, 0.6) is 0 Å². The zero-order chi connectivity index (χ0) is 28.7. The smallest absolute Gasteiger partial charge is 0.147 e. The Balaban J connectivity index is 1.88. The van der Waals surface area contributed by atoms with E-state index < -0.39 is 22.7 Å². The Morgan fingerprint density at radius 1 is 0.974 bits per heavy atom. The molecule has 0 radical (unpaired) electrons. The fourth-order valence-electron chi connectivity index (χ4n) is 4.63. The Hall–Kier alpha value is -2.42. The maximum absolute atomic E-state index is 15.9. The highest BCUT2D eigenvalue weighted by Gasteiger charge is 2.35. The van der Waals surface area contributed by atoms with E-state index in [2.05, 4.69) is 0 Å². The molecule has 4 aromatic rings. The van der Waals surface area contributed by atoms with E-state index in [9.17, 15) is 9.50 Å². The van der Waals surface area contributed by atoms with Gasteiger partial charge in [0.25, 0.3) is 0 Å². The van der Waals surface area contributed by atoms with Crippen molar-refractivity contribution in [1.29, 1.82) is 0 Å². The number of rotatable bonds is 8. The molecule has 4 rings (SSSR count). The number of benzene rings is 3. The van der Waals surface area contributed by atoms with Crippen LogP contribution >= 0.6 is 35.0 Å². The lowest BCUT2D eigenvalue weighted by atomic mass is 9.83. The minimum atomic E-state index is -1.29. The standard InChI is InChI=1S/C30H30Cl2F2N2O2S/c1-29(2,27-20(31)8-7-9-21(27)32)28-35-26(30(3,4)37)15-36(28)24-11-10-17(12-23(24)34)18-13-22(33)19(16-38-5)25(14-18)39-6/h7-15,37H,16H2,1-6H3. The summed E-state index contributed by atoms with van der Waals surface area (Å²) in [6.07, 6.45) is 3.47. The van der Waals surface area contributed by atoms with Crippen LogP contribution in [0.25, 0.3) is 16.8 Å². The lowest BCUT2D eigenvalue weighted by Crippen LogP contribution is -2.25. The molecule has 0 bridgehead atoms. The molecule has 0 spiro atoms. The zero-order valence-corrected chi connectivity index (χ0v) is 24.9. The summed E-state index contributed by atoms with van der Waals surface area (Å²) in [4.78, 5) is 5.46.